The average molecular weight is 344 g/mol. The lowest BCUT2D eigenvalue weighted by Crippen LogP contribution is -2.41. The molecule has 0 saturated carbocycles. The highest BCUT2D eigenvalue weighted by Crippen LogP contribution is 2.33. The van der Waals surface area contributed by atoms with E-state index >= 15 is 0 Å². The summed E-state index contributed by atoms with van der Waals surface area (Å²) in [6.45, 7) is 0.653. The van der Waals surface area contributed by atoms with Crippen LogP contribution in [0.4, 0.5) is 0 Å². The van der Waals surface area contributed by atoms with Crippen LogP contribution in [0.2, 0.25) is 0 Å². The lowest BCUT2D eigenvalue weighted by atomic mass is 9.88. The number of amides is 1. The molecule has 1 aromatic heterocycles. The van der Waals surface area contributed by atoms with E-state index in [-0.39, 0.29) is 17.5 Å². The third kappa shape index (κ3) is 3.18. The Balaban J connectivity index is 1.73. The van der Waals surface area contributed by atoms with Gasteiger partial charge in [0.25, 0.3) is 5.91 Å². The van der Waals surface area contributed by atoms with Gasteiger partial charge in [-0.15, -0.1) is 0 Å². The molecule has 0 spiro atoms. The monoisotopic (exact) mass is 344 g/mol. The molecule has 3 aromatic rings. The number of carbonyl (C=O) groups is 1. The molecule has 0 radical (unpaired) electrons. The fourth-order valence-electron chi connectivity index (χ4n) is 3.70. The fraction of sp³-hybridized carbons (Fsp3) is 0.182. The van der Waals surface area contributed by atoms with Crippen molar-refractivity contribution < 1.29 is 4.79 Å². The Hall–Kier alpha value is -3.14. The van der Waals surface area contributed by atoms with Gasteiger partial charge in [0.05, 0.1) is 6.04 Å². The second-order valence-electron chi connectivity index (χ2n) is 6.59. The van der Waals surface area contributed by atoms with Gasteiger partial charge < -0.3 is 9.88 Å². The van der Waals surface area contributed by atoms with Gasteiger partial charge in [-0.2, -0.15) is 0 Å². The van der Waals surface area contributed by atoms with Crippen LogP contribution in [-0.4, -0.2) is 22.3 Å². The van der Waals surface area contributed by atoms with Gasteiger partial charge in [-0.25, -0.2) is 0 Å². The van der Waals surface area contributed by atoms with E-state index < -0.39 is 0 Å². The molecular weight excluding hydrogens is 324 g/mol. The van der Waals surface area contributed by atoms with Crippen LogP contribution >= 0.6 is 0 Å². The van der Waals surface area contributed by atoms with Crippen molar-refractivity contribution in [2.45, 2.75) is 18.9 Å². The summed E-state index contributed by atoms with van der Waals surface area (Å²) in [5, 5.41) is 0. The molecule has 0 fully saturated rings. The van der Waals surface area contributed by atoms with Gasteiger partial charge >= 0.3 is 0 Å². The van der Waals surface area contributed by atoms with Crippen LogP contribution in [0.25, 0.3) is 0 Å². The van der Waals surface area contributed by atoms with Crippen molar-refractivity contribution in [3.05, 3.63) is 106 Å². The van der Waals surface area contributed by atoms with Crippen molar-refractivity contribution in [3.63, 3.8) is 0 Å². The molecule has 4 heteroatoms. The molecule has 4 nitrogen and oxygen atoms in total. The maximum Gasteiger partial charge on any atom is 0.254 e. The molecule has 26 heavy (non-hydrogen) atoms. The van der Waals surface area contributed by atoms with Gasteiger partial charge in [0.1, 0.15) is 0 Å². The number of rotatable bonds is 3. The number of hydrogen-bond donors (Lipinski definition) is 1. The van der Waals surface area contributed by atoms with Crippen molar-refractivity contribution in [1.82, 2.24) is 9.88 Å². The highest BCUT2D eigenvalue weighted by Gasteiger charge is 2.31. The molecule has 1 N–H and O–H groups in total. The molecule has 1 unspecified atom stereocenters. The Morgan fingerprint density at radius 2 is 1.81 bits per heavy atom. The fourth-order valence-corrected chi connectivity index (χ4v) is 3.70. The summed E-state index contributed by atoms with van der Waals surface area (Å²) in [7, 11) is 0. The van der Waals surface area contributed by atoms with Crippen molar-refractivity contribution in [2.75, 3.05) is 6.54 Å². The maximum absolute atomic E-state index is 13.1. The third-order valence-corrected chi connectivity index (χ3v) is 4.97. The number of carbonyl (C=O) groups excluding carboxylic acids is 1. The second kappa shape index (κ2) is 7.00. The second-order valence-corrected chi connectivity index (χ2v) is 6.59. The lowest BCUT2D eigenvalue weighted by Gasteiger charge is -2.37. The predicted octanol–water partition coefficient (Wildman–Crippen LogP) is 3.36. The van der Waals surface area contributed by atoms with Crippen molar-refractivity contribution >= 4 is 5.91 Å². The predicted molar refractivity (Wildman–Crippen MR) is 101 cm³/mol. The zero-order valence-corrected chi connectivity index (χ0v) is 14.4. The van der Waals surface area contributed by atoms with Gasteiger partial charge in [0, 0.05) is 24.4 Å². The first-order valence-electron chi connectivity index (χ1n) is 8.84. The first kappa shape index (κ1) is 16.3. The number of aromatic amines is 1. The lowest BCUT2D eigenvalue weighted by molar-refractivity contribution is 0.0659. The summed E-state index contributed by atoms with van der Waals surface area (Å²) >= 11 is 0. The average Bonchev–Trinajstić information content (AvgIpc) is 2.68. The maximum atomic E-state index is 13.1. The number of aromatic nitrogens is 1. The minimum absolute atomic E-state index is 0.0332. The van der Waals surface area contributed by atoms with E-state index in [2.05, 4.69) is 29.2 Å². The molecule has 1 atom stereocenters. The zero-order chi connectivity index (χ0) is 17.9. The molecule has 1 aliphatic heterocycles. The van der Waals surface area contributed by atoms with Gasteiger partial charge in [0.15, 0.2) is 0 Å². The normalized spacial score (nSPS) is 16.2. The number of benzene rings is 2. The quantitative estimate of drug-likeness (QED) is 0.792. The van der Waals surface area contributed by atoms with Crippen LogP contribution in [0.15, 0.2) is 77.7 Å². The number of fused-ring (bicyclic) bond motifs is 1. The highest BCUT2D eigenvalue weighted by atomic mass is 16.2. The van der Waals surface area contributed by atoms with Crippen LogP contribution in [0.1, 0.15) is 33.1 Å². The Morgan fingerprint density at radius 1 is 1.04 bits per heavy atom. The van der Waals surface area contributed by atoms with E-state index in [1.54, 1.807) is 6.07 Å². The zero-order valence-electron chi connectivity index (χ0n) is 14.4. The number of nitrogens with one attached hydrogen (secondary N) is 1. The highest BCUT2D eigenvalue weighted by molar-refractivity contribution is 5.94. The minimum atomic E-state index is -0.257. The van der Waals surface area contributed by atoms with Crippen molar-refractivity contribution in [1.29, 1.82) is 0 Å². The molecule has 4 rings (SSSR count). The summed E-state index contributed by atoms with van der Waals surface area (Å²) in [5.74, 6) is -0.0912. The first-order valence-corrected chi connectivity index (χ1v) is 8.84. The summed E-state index contributed by atoms with van der Waals surface area (Å²) in [5.41, 5.74) is 3.86. The summed E-state index contributed by atoms with van der Waals surface area (Å²) < 4.78 is 0. The van der Waals surface area contributed by atoms with E-state index in [1.165, 1.54) is 29.0 Å². The molecule has 1 amide bonds. The third-order valence-electron chi connectivity index (χ3n) is 4.97. The van der Waals surface area contributed by atoms with Crippen LogP contribution in [0.3, 0.4) is 0 Å². The van der Waals surface area contributed by atoms with Crippen LogP contribution in [0, 0.1) is 0 Å². The van der Waals surface area contributed by atoms with Gasteiger partial charge in [0.2, 0.25) is 5.56 Å². The summed E-state index contributed by atoms with van der Waals surface area (Å²) in [4.78, 5) is 29.2. The Morgan fingerprint density at radius 3 is 2.62 bits per heavy atom. The number of pyridine rings is 1. The molecule has 2 heterocycles. The molecule has 0 aliphatic carbocycles. The molecular formula is C22H20N2O2. The van der Waals surface area contributed by atoms with E-state index in [4.69, 9.17) is 0 Å². The van der Waals surface area contributed by atoms with Gasteiger partial charge in [-0.3, -0.25) is 9.59 Å². The van der Waals surface area contributed by atoms with E-state index in [1.807, 2.05) is 35.2 Å². The first-order chi connectivity index (χ1) is 12.7. The largest absolute Gasteiger partial charge is 0.331 e. The summed E-state index contributed by atoms with van der Waals surface area (Å²) in [6.07, 6.45) is 3.11. The van der Waals surface area contributed by atoms with Crippen molar-refractivity contribution in [2.24, 2.45) is 0 Å². The molecule has 1 aliphatic rings. The molecule has 2 aromatic carbocycles. The van der Waals surface area contributed by atoms with Crippen LogP contribution in [-0.2, 0) is 12.8 Å². The Labute approximate surface area is 152 Å². The van der Waals surface area contributed by atoms with E-state index in [9.17, 15) is 9.59 Å². The minimum Gasteiger partial charge on any atom is -0.331 e. The number of hydrogen-bond acceptors (Lipinski definition) is 2. The van der Waals surface area contributed by atoms with Gasteiger partial charge in [-0.05, 0) is 35.6 Å². The molecule has 0 saturated heterocycles. The Kier molecular flexibility index (Phi) is 4.40. The molecule has 130 valence electrons. The topological polar surface area (TPSA) is 53.2 Å². The van der Waals surface area contributed by atoms with Crippen LogP contribution in [0.5, 0.6) is 0 Å². The van der Waals surface area contributed by atoms with Crippen LogP contribution < -0.4 is 5.56 Å². The number of H-pyrrole nitrogens is 1. The summed E-state index contributed by atoms with van der Waals surface area (Å²) in [6, 6.07) is 21.6. The van der Waals surface area contributed by atoms with Gasteiger partial charge in [-0.1, -0.05) is 54.6 Å². The SMILES string of the molecule is O=C(c1cc[nH]c(=O)c1)N1CCc2ccccc2C1Cc1ccccc1. The van der Waals surface area contributed by atoms with E-state index in [0.29, 0.717) is 12.1 Å². The smallest absolute Gasteiger partial charge is 0.254 e. The Bertz CT molecular complexity index is 978. The van der Waals surface area contributed by atoms with E-state index in [0.717, 1.165) is 12.8 Å². The molecule has 0 bridgehead atoms. The number of nitrogens with zero attached hydrogens (tertiary/aromatic N) is 1. The van der Waals surface area contributed by atoms with Crippen molar-refractivity contribution in [3.8, 4) is 0 Å². The standard InChI is InChI=1S/C22H20N2O2/c25-21-15-18(10-12-23-21)22(26)24-13-11-17-8-4-5-9-19(17)20(24)14-16-6-2-1-3-7-16/h1-10,12,15,20H,11,13-14H2,(H,23,25).